The van der Waals surface area contributed by atoms with Crippen LogP contribution in [0.4, 0.5) is 0 Å². The number of β-amino-alcohol motifs (C(OH)–C–C–N with tert-alkyl or cyclic N) is 1. The lowest BCUT2D eigenvalue weighted by Crippen LogP contribution is -2.15. The van der Waals surface area contributed by atoms with E-state index in [1.54, 1.807) is 0 Å². The molecule has 0 saturated carbocycles. The number of hydrogen-bond acceptors (Lipinski definition) is 5. The third kappa shape index (κ3) is 2.30. The van der Waals surface area contributed by atoms with E-state index in [-0.39, 0.29) is 12.1 Å². The van der Waals surface area contributed by atoms with E-state index in [0.29, 0.717) is 24.7 Å². The minimum atomic E-state index is -0.342. The average molecular weight is 281 g/mol. The number of aromatic nitrogens is 2. The summed E-state index contributed by atoms with van der Waals surface area (Å²) in [4.78, 5) is 4.45. The minimum Gasteiger partial charge on any atom is -0.392 e. The van der Waals surface area contributed by atoms with Crippen molar-refractivity contribution in [1.82, 2.24) is 15.5 Å². The molecule has 3 aromatic rings. The fraction of sp³-hybridized carbons (Fsp3) is 0.250. The van der Waals surface area contributed by atoms with Gasteiger partial charge in [-0.15, -0.1) is 0 Å². The van der Waals surface area contributed by atoms with Crippen LogP contribution in [-0.2, 0) is 0 Å². The number of nitrogens with one attached hydrogen (secondary N) is 1. The summed E-state index contributed by atoms with van der Waals surface area (Å²) in [5.41, 5.74) is 0.933. The molecular formula is C16H15N3O2. The first kappa shape index (κ1) is 12.5. The van der Waals surface area contributed by atoms with Crippen LogP contribution in [-0.4, -0.2) is 27.9 Å². The Morgan fingerprint density at radius 1 is 1.14 bits per heavy atom. The SMILES string of the molecule is O[C@H]1CN[C@H](c2nc(-c3ccc4ccccc4c3)no2)C1. The molecule has 1 aromatic heterocycles. The largest absolute Gasteiger partial charge is 0.392 e. The van der Waals surface area contributed by atoms with Gasteiger partial charge in [-0.05, 0) is 23.3 Å². The summed E-state index contributed by atoms with van der Waals surface area (Å²) < 4.78 is 5.33. The zero-order valence-corrected chi connectivity index (χ0v) is 11.4. The molecule has 106 valence electrons. The minimum absolute atomic E-state index is 0.0540. The van der Waals surface area contributed by atoms with Gasteiger partial charge in [0, 0.05) is 12.1 Å². The Labute approximate surface area is 121 Å². The first-order chi connectivity index (χ1) is 10.3. The number of aliphatic hydroxyl groups is 1. The second-order valence-electron chi connectivity index (χ2n) is 5.37. The van der Waals surface area contributed by atoms with Crippen LogP contribution >= 0.6 is 0 Å². The fourth-order valence-corrected chi connectivity index (χ4v) is 2.73. The van der Waals surface area contributed by atoms with E-state index in [9.17, 15) is 5.11 Å². The molecule has 2 atom stereocenters. The lowest BCUT2D eigenvalue weighted by atomic mass is 10.1. The van der Waals surface area contributed by atoms with Gasteiger partial charge in [0.1, 0.15) is 0 Å². The molecule has 2 heterocycles. The summed E-state index contributed by atoms with van der Waals surface area (Å²) >= 11 is 0. The van der Waals surface area contributed by atoms with Crippen molar-refractivity contribution >= 4 is 10.8 Å². The Bertz CT molecular complexity index is 784. The quantitative estimate of drug-likeness (QED) is 0.754. The Morgan fingerprint density at radius 3 is 2.81 bits per heavy atom. The topological polar surface area (TPSA) is 71.2 Å². The summed E-state index contributed by atoms with van der Waals surface area (Å²) in [6.45, 7) is 0.568. The van der Waals surface area contributed by atoms with Crippen LogP contribution in [0.3, 0.4) is 0 Å². The molecule has 0 unspecified atom stereocenters. The van der Waals surface area contributed by atoms with E-state index < -0.39 is 0 Å². The Hall–Kier alpha value is -2.24. The van der Waals surface area contributed by atoms with E-state index in [1.165, 1.54) is 5.39 Å². The molecule has 0 amide bonds. The normalized spacial score (nSPS) is 22.0. The van der Waals surface area contributed by atoms with Crippen LogP contribution in [0.15, 0.2) is 47.0 Å². The molecule has 0 radical (unpaired) electrons. The predicted octanol–water partition coefficient (Wildman–Crippen LogP) is 2.29. The zero-order chi connectivity index (χ0) is 14.2. The van der Waals surface area contributed by atoms with Gasteiger partial charge in [-0.25, -0.2) is 0 Å². The van der Waals surface area contributed by atoms with Crippen molar-refractivity contribution in [3.63, 3.8) is 0 Å². The molecule has 1 saturated heterocycles. The number of nitrogens with zero attached hydrogens (tertiary/aromatic N) is 2. The van der Waals surface area contributed by atoms with Gasteiger partial charge in [0.15, 0.2) is 0 Å². The van der Waals surface area contributed by atoms with Crippen molar-refractivity contribution in [2.75, 3.05) is 6.54 Å². The van der Waals surface area contributed by atoms with E-state index in [4.69, 9.17) is 4.52 Å². The number of benzene rings is 2. The van der Waals surface area contributed by atoms with E-state index in [1.807, 2.05) is 18.2 Å². The van der Waals surface area contributed by atoms with Crippen LogP contribution < -0.4 is 5.32 Å². The van der Waals surface area contributed by atoms with Crippen molar-refractivity contribution in [1.29, 1.82) is 0 Å². The highest BCUT2D eigenvalue weighted by Gasteiger charge is 2.28. The molecule has 0 spiro atoms. The summed E-state index contributed by atoms with van der Waals surface area (Å²) in [6, 6.07) is 14.2. The Kier molecular flexibility index (Phi) is 2.94. The van der Waals surface area contributed by atoms with Gasteiger partial charge in [-0.1, -0.05) is 41.6 Å². The molecule has 5 nitrogen and oxygen atoms in total. The molecule has 1 fully saturated rings. The lowest BCUT2D eigenvalue weighted by molar-refractivity contribution is 0.191. The Morgan fingerprint density at radius 2 is 2.00 bits per heavy atom. The summed E-state index contributed by atoms with van der Waals surface area (Å²) in [5, 5.41) is 19.1. The third-order valence-corrected chi connectivity index (χ3v) is 3.86. The highest BCUT2D eigenvalue weighted by atomic mass is 16.5. The lowest BCUT2D eigenvalue weighted by Gasteiger charge is -2.02. The van der Waals surface area contributed by atoms with Gasteiger partial charge in [-0.2, -0.15) is 4.98 Å². The average Bonchev–Trinajstić information content (AvgIpc) is 3.15. The molecule has 4 rings (SSSR count). The molecule has 1 aliphatic rings. The van der Waals surface area contributed by atoms with Crippen LogP contribution in [0.1, 0.15) is 18.4 Å². The molecule has 21 heavy (non-hydrogen) atoms. The Balaban J connectivity index is 1.67. The number of rotatable bonds is 2. The number of fused-ring (bicyclic) bond motifs is 1. The van der Waals surface area contributed by atoms with E-state index in [0.717, 1.165) is 10.9 Å². The summed E-state index contributed by atoms with van der Waals surface area (Å²) in [7, 11) is 0. The molecular weight excluding hydrogens is 266 g/mol. The number of hydrogen-bond donors (Lipinski definition) is 2. The van der Waals surface area contributed by atoms with Gasteiger partial charge < -0.3 is 14.9 Å². The molecule has 2 aromatic carbocycles. The van der Waals surface area contributed by atoms with Gasteiger partial charge in [-0.3, -0.25) is 0 Å². The molecule has 5 heteroatoms. The van der Waals surface area contributed by atoms with Crippen LogP contribution in [0.2, 0.25) is 0 Å². The third-order valence-electron chi connectivity index (χ3n) is 3.86. The predicted molar refractivity (Wildman–Crippen MR) is 78.6 cm³/mol. The van der Waals surface area contributed by atoms with Crippen LogP contribution in [0.5, 0.6) is 0 Å². The molecule has 2 N–H and O–H groups in total. The second-order valence-corrected chi connectivity index (χ2v) is 5.37. The van der Waals surface area contributed by atoms with Crippen molar-refractivity contribution in [3.8, 4) is 11.4 Å². The van der Waals surface area contributed by atoms with Crippen molar-refractivity contribution in [2.24, 2.45) is 0 Å². The van der Waals surface area contributed by atoms with Crippen molar-refractivity contribution in [3.05, 3.63) is 48.4 Å². The monoisotopic (exact) mass is 281 g/mol. The van der Waals surface area contributed by atoms with Crippen molar-refractivity contribution in [2.45, 2.75) is 18.6 Å². The second kappa shape index (κ2) is 4.95. The first-order valence-electron chi connectivity index (χ1n) is 7.04. The number of aliphatic hydroxyl groups excluding tert-OH is 1. The van der Waals surface area contributed by atoms with Gasteiger partial charge in [0.05, 0.1) is 12.1 Å². The maximum absolute atomic E-state index is 9.55. The molecule has 1 aliphatic heterocycles. The van der Waals surface area contributed by atoms with Gasteiger partial charge >= 0.3 is 0 Å². The highest BCUT2D eigenvalue weighted by molar-refractivity contribution is 5.86. The summed E-state index contributed by atoms with van der Waals surface area (Å²) in [5.74, 6) is 1.12. The first-order valence-corrected chi connectivity index (χ1v) is 7.04. The van der Waals surface area contributed by atoms with E-state index in [2.05, 4.69) is 39.7 Å². The summed E-state index contributed by atoms with van der Waals surface area (Å²) in [6.07, 6.45) is 0.269. The van der Waals surface area contributed by atoms with E-state index >= 15 is 0 Å². The van der Waals surface area contributed by atoms with Gasteiger partial charge in [0.25, 0.3) is 0 Å². The highest BCUT2D eigenvalue weighted by Crippen LogP contribution is 2.26. The molecule has 0 bridgehead atoms. The van der Waals surface area contributed by atoms with Crippen LogP contribution in [0.25, 0.3) is 22.2 Å². The zero-order valence-electron chi connectivity index (χ0n) is 11.4. The molecule has 0 aliphatic carbocycles. The standard InChI is InChI=1S/C16H15N3O2/c20-13-8-14(17-9-13)16-18-15(19-21-16)12-6-5-10-3-1-2-4-11(10)7-12/h1-7,13-14,17,20H,8-9H2/t13-,14+/m1/s1. The van der Waals surface area contributed by atoms with Crippen molar-refractivity contribution < 1.29 is 9.63 Å². The maximum Gasteiger partial charge on any atom is 0.244 e. The fourth-order valence-electron chi connectivity index (χ4n) is 2.73. The smallest absolute Gasteiger partial charge is 0.244 e. The van der Waals surface area contributed by atoms with Gasteiger partial charge in [0.2, 0.25) is 11.7 Å². The maximum atomic E-state index is 9.55. The van der Waals surface area contributed by atoms with Crippen LogP contribution in [0, 0.1) is 0 Å².